The molecule has 1 amide bonds. The number of pyridine rings is 1. The van der Waals surface area contributed by atoms with Crippen LogP contribution in [0.3, 0.4) is 0 Å². The molecule has 13 heteroatoms. The normalized spacial score (nSPS) is 23.7. The van der Waals surface area contributed by atoms with E-state index in [4.69, 9.17) is 9.72 Å². The highest BCUT2D eigenvalue weighted by Crippen LogP contribution is 2.41. The Kier molecular flexibility index (Phi) is 7.34. The number of halogens is 2. The minimum absolute atomic E-state index is 0.0135. The molecule has 0 radical (unpaired) electrons. The van der Waals surface area contributed by atoms with Crippen molar-refractivity contribution in [2.24, 2.45) is 0 Å². The Morgan fingerprint density at radius 2 is 2.11 bits per heavy atom. The van der Waals surface area contributed by atoms with Gasteiger partial charge in [-0.3, -0.25) is 14.7 Å². The second kappa shape index (κ2) is 11.3. The first-order chi connectivity index (χ1) is 21.4. The van der Waals surface area contributed by atoms with Crippen molar-refractivity contribution < 1.29 is 18.3 Å². The fourth-order valence-electron chi connectivity index (χ4n) is 6.98. The first kappa shape index (κ1) is 28.5. The monoisotopic (exact) mass is 616 g/mol. The van der Waals surface area contributed by atoms with Crippen LogP contribution in [-0.4, -0.2) is 92.7 Å². The standard InChI is InChI=1S/C31H30F2N8O2S/c1-2-24(42)41-12-11-39(16-20(41)7-9-34)29-22-14-35-27(21-5-3-6-23-26(21)36-18-44-23)25(33)28(22)37-30(38-29)43-17-31-8-4-10-40(31)15-19(32)13-31/h2-3,5-6,14,18-20H,1,4,7-8,10-13,15-17H2/t19-,20+,31?/m1/s1. The molecule has 3 aliphatic heterocycles. The molecule has 7 rings (SSSR count). The lowest BCUT2D eigenvalue weighted by molar-refractivity contribution is -0.128. The number of piperazine rings is 1. The molecular weight excluding hydrogens is 586 g/mol. The average molecular weight is 617 g/mol. The van der Waals surface area contributed by atoms with Crippen LogP contribution in [0, 0.1) is 17.1 Å². The van der Waals surface area contributed by atoms with Gasteiger partial charge in [0.1, 0.15) is 29.8 Å². The Balaban J connectivity index is 1.31. The molecule has 6 heterocycles. The van der Waals surface area contributed by atoms with Gasteiger partial charge in [0.2, 0.25) is 5.91 Å². The summed E-state index contributed by atoms with van der Waals surface area (Å²) >= 11 is 1.46. The number of nitriles is 1. The van der Waals surface area contributed by atoms with E-state index in [2.05, 4.69) is 32.5 Å². The van der Waals surface area contributed by atoms with Crippen molar-refractivity contribution in [1.82, 2.24) is 29.7 Å². The van der Waals surface area contributed by atoms with Crippen molar-refractivity contribution in [1.29, 1.82) is 5.26 Å². The average Bonchev–Trinajstić information content (AvgIpc) is 3.74. The highest BCUT2D eigenvalue weighted by atomic mass is 32.1. The Morgan fingerprint density at radius 1 is 1.23 bits per heavy atom. The molecule has 1 unspecified atom stereocenters. The Hall–Kier alpha value is -4.28. The molecular formula is C31H30F2N8O2S. The number of aromatic nitrogens is 4. The van der Waals surface area contributed by atoms with E-state index in [1.54, 1.807) is 22.7 Å². The van der Waals surface area contributed by atoms with Crippen LogP contribution in [0.25, 0.3) is 32.4 Å². The molecule has 4 aromatic rings. The summed E-state index contributed by atoms with van der Waals surface area (Å²) in [6, 6.07) is 7.28. The van der Waals surface area contributed by atoms with E-state index in [1.165, 1.54) is 17.4 Å². The molecule has 0 N–H and O–H groups in total. The lowest BCUT2D eigenvalue weighted by Gasteiger charge is -2.41. The van der Waals surface area contributed by atoms with E-state index in [1.807, 2.05) is 17.0 Å². The summed E-state index contributed by atoms with van der Waals surface area (Å²) in [4.78, 5) is 36.5. The van der Waals surface area contributed by atoms with E-state index in [0.29, 0.717) is 54.9 Å². The Morgan fingerprint density at radius 3 is 2.95 bits per heavy atom. The second-order valence-corrected chi connectivity index (χ2v) is 12.5. The summed E-state index contributed by atoms with van der Waals surface area (Å²) in [5.74, 6) is -0.479. The van der Waals surface area contributed by atoms with Crippen LogP contribution in [0.2, 0.25) is 0 Å². The number of ether oxygens (including phenoxy) is 1. The van der Waals surface area contributed by atoms with Crippen LogP contribution in [-0.2, 0) is 4.79 Å². The number of hydrogen-bond acceptors (Lipinski definition) is 10. The molecule has 3 aliphatic rings. The van der Waals surface area contributed by atoms with Gasteiger partial charge in [-0.25, -0.2) is 13.8 Å². The highest BCUT2D eigenvalue weighted by Gasteiger charge is 2.49. The van der Waals surface area contributed by atoms with Crippen molar-refractivity contribution in [3.63, 3.8) is 0 Å². The second-order valence-electron chi connectivity index (χ2n) is 11.6. The molecule has 3 fully saturated rings. The number of carbonyl (C=O) groups excluding carboxylic acids is 1. The molecule has 0 aliphatic carbocycles. The maximum Gasteiger partial charge on any atom is 0.319 e. The molecule has 0 bridgehead atoms. The summed E-state index contributed by atoms with van der Waals surface area (Å²) in [6.45, 7) is 5.98. The van der Waals surface area contributed by atoms with Crippen molar-refractivity contribution in [2.75, 3.05) is 44.2 Å². The summed E-state index contributed by atoms with van der Waals surface area (Å²) in [5.41, 5.74) is 2.64. The molecule has 1 aromatic carbocycles. The number of carbonyl (C=O) groups is 1. The van der Waals surface area contributed by atoms with Gasteiger partial charge in [0.25, 0.3) is 0 Å². The number of anilines is 1. The summed E-state index contributed by atoms with van der Waals surface area (Å²) in [6.07, 6.45) is 4.14. The minimum atomic E-state index is -0.918. The van der Waals surface area contributed by atoms with Gasteiger partial charge >= 0.3 is 6.01 Å². The van der Waals surface area contributed by atoms with Gasteiger partial charge in [-0.05, 0) is 31.5 Å². The third-order valence-corrected chi connectivity index (χ3v) is 9.85. The predicted molar refractivity (Wildman–Crippen MR) is 163 cm³/mol. The van der Waals surface area contributed by atoms with Gasteiger partial charge in [-0.1, -0.05) is 18.7 Å². The Bertz CT molecular complexity index is 1810. The number of benzene rings is 1. The zero-order valence-corrected chi connectivity index (χ0v) is 24.8. The van der Waals surface area contributed by atoms with Gasteiger partial charge < -0.3 is 14.5 Å². The van der Waals surface area contributed by atoms with Crippen molar-refractivity contribution in [3.8, 4) is 23.3 Å². The third kappa shape index (κ3) is 4.82. The topological polar surface area (TPSA) is 111 Å². The number of rotatable bonds is 7. The number of alkyl halides is 1. The number of thiazole rings is 1. The van der Waals surface area contributed by atoms with Gasteiger partial charge in [0.15, 0.2) is 5.82 Å². The number of para-hydroxylation sites is 1. The fraction of sp³-hybridized carbons (Fsp3) is 0.419. The maximum absolute atomic E-state index is 16.5. The lowest BCUT2D eigenvalue weighted by atomic mass is 9.95. The van der Waals surface area contributed by atoms with Crippen LogP contribution in [0.4, 0.5) is 14.6 Å². The maximum atomic E-state index is 16.5. The predicted octanol–water partition coefficient (Wildman–Crippen LogP) is 4.51. The summed E-state index contributed by atoms with van der Waals surface area (Å²) in [5, 5.41) is 9.88. The smallest absolute Gasteiger partial charge is 0.319 e. The molecule has 0 saturated carbocycles. The van der Waals surface area contributed by atoms with Gasteiger partial charge in [-0.15, -0.1) is 11.3 Å². The van der Waals surface area contributed by atoms with Crippen molar-refractivity contribution in [2.45, 2.75) is 43.4 Å². The van der Waals surface area contributed by atoms with Gasteiger partial charge in [0.05, 0.1) is 45.2 Å². The van der Waals surface area contributed by atoms with Crippen LogP contribution in [0.5, 0.6) is 6.01 Å². The molecule has 3 saturated heterocycles. The minimum Gasteiger partial charge on any atom is -0.461 e. The van der Waals surface area contributed by atoms with E-state index >= 15 is 4.39 Å². The summed E-state index contributed by atoms with van der Waals surface area (Å²) < 4.78 is 38.1. The highest BCUT2D eigenvalue weighted by molar-refractivity contribution is 7.16. The van der Waals surface area contributed by atoms with Crippen LogP contribution >= 0.6 is 11.3 Å². The third-order valence-electron chi connectivity index (χ3n) is 9.06. The first-order valence-corrected chi connectivity index (χ1v) is 15.5. The van der Waals surface area contributed by atoms with Crippen LogP contribution in [0.15, 0.2) is 42.6 Å². The van der Waals surface area contributed by atoms with E-state index < -0.39 is 23.6 Å². The largest absolute Gasteiger partial charge is 0.461 e. The van der Waals surface area contributed by atoms with Gasteiger partial charge in [-0.2, -0.15) is 15.2 Å². The van der Waals surface area contributed by atoms with E-state index in [9.17, 15) is 14.4 Å². The van der Waals surface area contributed by atoms with Crippen molar-refractivity contribution in [3.05, 3.63) is 48.4 Å². The molecule has 0 spiro atoms. The van der Waals surface area contributed by atoms with Crippen LogP contribution < -0.4 is 9.64 Å². The van der Waals surface area contributed by atoms with Crippen LogP contribution in [0.1, 0.15) is 25.7 Å². The molecule has 226 valence electrons. The fourth-order valence-corrected chi connectivity index (χ4v) is 7.68. The zero-order valence-electron chi connectivity index (χ0n) is 24.0. The summed E-state index contributed by atoms with van der Waals surface area (Å²) in [7, 11) is 0. The number of hydrogen-bond donors (Lipinski definition) is 0. The van der Waals surface area contributed by atoms with E-state index in [-0.39, 0.29) is 36.2 Å². The molecule has 3 aromatic heterocycles. The SMILES string of the molecule is C=CC(=O)N1CCN(c2nc(OCC34CCCN3C[C@H](F)C4)nc3c(F)c(-c4cccc5scnc45)ncc23)C[C@@H]1CC#N. The Labute approximate surface area is 256 Å². The molecule has 10 nitrogen and oxygen atoms in total. The quantitative estimate of drug-likeness (QED) is 0.277. The first-order valence-electron chi connectivity index (χ1n) is 14.7. The number of fused-ring (bicyclic) bond motifs is 3. The van der Waals surface area contributed by atoms with Crippen molar-refractivity contribution >= 4 is 44.2 Å². The van der Waals surface area contributed by atoms with E-state index in [0.717, 1.165) is 24.1 Å². The molecule has 44 heavy (non-hydrogen) atoms. The lowest BCUT2D eigenvalue weighted by Crippen LogP contribution is -2.55. The van der Waals surface area contributed by atoms with Gasteiger partial charge in [0, 0.05) is 44.4 Å². The molecule has 3 atom stereocenters. The zero-order chi connectivity index (χ0) is 30.4. The number of amides is 1. The number of nitrogens with zero attached hydrogens (tertiary/aromatic N) is 8.